The van der Waals surface area contributed by atoms with Gasteiger partial charge in [0.05, 0.1) is 0 Å². The summed E-state index contributed by atoms with van der Waals surface area (Å²) in [7, 11) is 2.19. The van der Waals surface area contributed by atoms with Crippen LogP contribution in [-0.4, -0.2) is 13.1 Å². The van der Waals surface area contributed by atoms with E-state index in [9.17, 15) is 0 Å². The fourth-order valence-electron chi connectivity index (χ4n) is 5.71. The van der Waals surface area contributed by atoms with Crippen molar-refractivity contribution < 1.29 is 0 Å². The average molecular weight is 207 g/mol. The Labute approximate surface area is 94.0 Å². The summed E-state index contributed by atoms with van der Waals surface area (Å²) in [5.74, 6) is 0.987. The Morgan fingerprint density at radius 1 is 1.07 bits per heavy atom. The monoisotopic (exact) mass is 207 g/mol. The van der Waals surface area contributed by atoms with E-state index in [0.29, 0.717) is 16.2 Å². The van der Waals surface area contributed by atoms with Gasteiger partial charge < -0.3 is 5.32 Å². The Morgan fingerprint density at radius 2 is 1.73 bits per heavy atom. The summed E-state index contributed by atoms with van der Waals surface area (Å²) in [6.45, 7) is 7.60. The lowest BCUT2D eigenvalue weighted by molar-refractivity contribution is 0.000768. The summed E-state index contributed by atoms with van der Waals surface area (Å²) in [6.07, 6.45) is 7.38. The third kappa shape index (κ3) is 0.833. The van der Waals surface area contributed by atoms with Gasteiger partial charge in [-0.3, -0.25) is 0 Å². The van der Waals surface area contributed by atoms with Gasteiger partial charge in [-0.2, -0.15) is 0 Å². The maximum Gasteiger partial charge on any atom is 0.0182 e. The van der Waals surface area contributed by atoms with Gasteiger partial charge in [-0.1, -0.05) is 27.2 Å². The molecule has 0 radical (unpaired) electrons. The topological polar surface area (TPSA) is 12.0 Å². The normalized spacial score (nSPS) is 49.6. The molecule has 3 aliphatic carbocycles. The molecule has 0 amide bonds. The van der Waals surface area contributed by atoms with Gasteiger partial charge in [0.15, 0.2) is 0 Å². The Balaban J connectivity index is 2.08. The first-order chi connectivity index (χ1) is 6.99. The minimum atomic E-state index is 0.548. The Kier molecular flexibility index (Phi) is 1.77. The minimum Gasteiger partial charge on any atom is -0.316 e. The van der Waals surface area contributed by atoms with E-state index in [1.165, 1.54) is 32.1 Å². The molecule has 3 saturated carbocycles. The number of rotatable bonds is 1. The number of hydrogen-bond donors (Lipinski definition) is 1. The van der Waals surface area contributed by atoms with Gasteiger partial charge in [0, 0.05) is 6.04 Å². The molecule has 3 fully saturated rings. The van der Waals surface area contributed by atoms with Crippen LogP contribution in [0.5, 0.6) is 0 Å². The van der Waals surface area contributed by atoms with Crippen molar-refractivity contribution in [3.8, 4) is 0 Å². The van der Waals surface area contributed by atoms with E-state index in [0.717, 1.165) is 12.0 Å². The van der Waals surface area contributed by atoms with Crippen molar-refractivity contribution in [1.29, 1.82) is 0 Å². The van der Waals surface area contributed by atoms with Gasteiger partial charge in [0.25, 0.3) is 0 Å². The summed E-state index contributed by atoms with van der Waals surface area (Å²) in [5, 5.41) is 3.68. The highest BCUT2D eigenvalue weighted by Crippen LogP contribution is 2.76. The molecule has 3 atom stereocenters. The van der Waals surface area contributed by atoms with Crippen molar-refractivity contribution in [2.75, 3.05) is 7.05 Å². The molecule has 1 heteroatoms. The zero-order valence-electron chi connectivity index (χ0n) is 10.7. The summed E-state index contributed by atoms with van der Waals surface area (Å²) >= 11 is 0. The average Bonchev–Trinajstić information content (AvgIpc) is 2.42. The summed E-state index contributed by atoms with van der Waals surface area (Å²) in [5.41, 5.74) is 1.79. The van der Waals surface area contributed by atoms with Gasteiger partial charge in [0.1, 0.15) is 0 Å². The summed E-state index contributed by atoms with van der Waals surface area (Å²) in [4.78, 5) is 0. The van der Waals surface area contributed by atoms with E-state index in [2.05, 4.69) is 33.1 Å². The number of nitrogens with one attached hydrogen (secondary N) is 1. The van der Waals surface area contributed by atoms with E-state index in [1.807, 2.05) is 0 Å². The van der Waals surface area contributed by atoms with E-state index < -0.39 is 0 Å². The van der Waals surface area contributed by atoms with Crippen molar-refractivity contribution in [2.45, 2.75) is 58.9 Å². The minimum absolute atomic E-state index is 0.548. The Bertz CT molecular complexity index is 290. The molecular formula is C14H25N. The molecule has 1 nitrogen and oxygen atoms in total. The number of fused-ring (bicyclic) bond motifs is 3. The molecule has 0 saturated heterocycles. The zero-order chi connectivity index (χ0) is 10.9. The van der Waals surface area contributed by atoms with Crippen LogP contribution in [0, 0.1) is 22.2 Å². The van der Waals surface area contributed by atoms with Gasteiger partial charge in [-0.25, -0.2) is 0 Å². The molecule has 0 aromatic heterocycles. The van der Waals surface area contributed by atoms with Crippen LogP contribution in [0.15, 0.2) is 0 Å². The van der Waals surface area contributed by atoms with Gasteiger partial charge in [0.2, 0.25) is 0 Å². The fraction of sp³-hybridized carbons (Fsp3) is 1.00. The Hall–Kier alpha value is -0.0400. The third-order valence-electron chi connectivity index (χ3n) is 6.77. The molecule has 1 spiro atoms. The molecule has 3 aliphatic rings. The molecule has 1 unspecified atom stereocenters. The quantitative estimate of drug-likeness (QED) is 0.696. The number of hydrogen-bond acceptors (Lipinski definition) is 1. The van der Waals surface area contributed by atoms with Crippen LogP contribution in [0.2, 0.25) is 0 Å². The molecule has 1 N–H and O–H groups in total. The lowest BCUT2D eigenvalue weighted by atomic mass is 9.55. The van der Waals surface area contributed by atoms with Gasteiger partial charge in [-0.15, -0.1) is 0 Å². The van der Waals surface area contributed by atoms with E-state index in [-0.39, 0.29) is 0 Å². The highest BCUT2D eigenvalue weighted by Gasteiger charge is 2.72. The first-order valence-corrected chi connectivity index (χ1v) is 6.66. The highest BCUT2D eigenvalue weighted by atomic mass is 15.0. The molecular weight excluding hydrogens is 182 g/mol. The first-order valence-electron chi connectivity index (χ1n) is 6.66. The first kappa shape index (κ1) is 10.1. The maximum atomic E-state index is 3.68. The van der Waals surface area contributed by atoms with Crippen LogP contribution in [0.4, 0.5) is 0 Å². The van der Waals surface area contributed by atoms with Crippen molar-refractivity contribution in [2.24, 2.45) is 22.2 Å². The Morgan fingerprint density at radius 3 is 2.13 bits per heavy atom. The van der Waals surface area contributed by atoms with Gasteiger partial charge >= 0.3 is 0 Å². The molecule has 3 rings (SSSR count). The summed E-state index contributed by atoms with van der Waals surface area (Å²) in [6, 6.07) is 0.785. The van der Waals surface area contributed by atoms with Crippen LogP contribution in [0.1, 0.15) is 52.9 Å². The van der Waals surface area contributed by atoms with Crippen LogP contribution in [-0.2, 0) is 0 Å². The van der Waals surface area contributed by atoms with E-state index in [1.54, 1.807) is 0 Å². The standard InChI is InChI=1S/C14H25N/c1-12(2)10-6-9-13(12,3)11(15-4)14(10)7-5-8-14/h10-11,15H,5-9H2,1-4H3/t10-,11?,13-/m0/s1. The second kappa shape index (κ2) is 2.61. The fourth-order valence-corrected chi connectivity index (χ4v) is 5.71. The van der Waals surface area contributed by atoms with E-state index in [4.69, 9.17) is 0 Å². The predicted molar refractivity (Wildman–Crippen MR) is 63.7 cm³/mol. The van der Waals surface area contributed by atoms with E-state index >= 15 is 0 Å². The van der Waals surface area contributed by atoms with Gasteiger partial charge in [-0.05, 0) is 54.9 Å². The lowest BCUT2D eigenvalue weighted by Crippen LogP contribution is -2.55. The molecule has 15 heavy (non-hydrogen) atoms. The van der Waals surface area contributed by atoms with Crippen LogP contribution < -0.4 is 5.32 Å². The van der Waals surface area contributed by atoms with Crippen molar-refractivity contribution in [3.63, 3.8) is 0 Å². The SMILES string of the molecule is CNC1C2(CCC2)[C@H]2CC[C@]1(C)C2(C)C. The lowest BCUT2D eigenvalue weighted by Gasteiger charge is -2.53. The molecule has 0 heterocycles. The molecule has 2 bridgehead atoms. The zero-order valence-corrected chi connectivity index (χ0v) is 10.7. The molecule has 0 aromatic rings. The van der Waals surface area contributed by atoms with Crippen LogP contribution in [0.25, 0.3) is 0 Å². The smallest absolute Gasteiger partial charge is 0.0182 e. The summed E-state index contributed by atoms with van der Waals surface area (Å²) < 4.78 is 0. The van der Waals surface area contributed by atoms with Crippen LogP contribution in [0.3, 0.4) is 0 Å². The van der Waals surface area contributed by atoms with Crippen molar-refractivity contribution in [1.82, 2.24) is 5.32 Å². The predicted octanol–water partition coefficient (Wildman–Crippen LogP) is 3.20. The molecule has 86 valence electrons. The van der Waals surface area contributed by atoms with Crippen molar-refractivity contribution in [3.05, 3.63) is 0 Å². The molecule has 0 aliphatic heterocycles. The second-order valence-electron chi connectivity index (χ2n) is 7.04. The maximum absolute atomic E-state index is 3.68. The third-order valence-corrected chi connectivity index (χ3v) is 6.77. The van der Waals surface area contributed by atoms with Crippen LogP contribution >= 0.6 is 0 Å². The highest BCUT2D eigenvalue weighted by molar-refractivity contribution is 5.24. The second-order valence-corrected chi connectivity index (χ2v) is 7.04. The largest absolute Gasteiger partial charge is 0.316 e. The van der Waals surface area contributed by atoms with Crippen molar-refractivity contribution >= 4 is 0 Å². The molecule has 0 aromatic carbocycles.